The van der Waals surface area contributed by atoms with Crippen LogP contribution in [-0.4, -0.2) is 19.5 Å². The van der Waals surface area contributed by atoms with E-state index < -0.39 is 0 Å². The van der Waals surface area contributed by atoms with Gasteiger partial charge in [-0.1, -0.05) is 200 Å². The quantitative estimate of drug-likeness (QED) is 0.159. The zero-order valence-electron chi connectivity index (χ0n) is 41.4. The van der Waals surface area contributed by atoms with Gasteiger partial charge >= 0.3 is 0 Å². The van der Waals surface area contributed by atoms with Gasteiger partial charge in [0.25, 0.3) is 0 Å². The van der Waals surface area contributed by atoms with E-state index in [4.69, 9.17) is 23.8 Å². The maximum absolute atomic E-state index is 7.03. The van der Waals surface area contributed by atoms with Crippen molar-refractivity contribution in [2.75, 3.05) is 0 Å². The van der Waals surface area contributed by atoms with Crippen molar-refractivity contribution >= 4 is 87.2 Å². The predicted molar refractivity (Wildman–Crippen MR) is 316 cm³/mol. The minimum absolute atomic E-state index is 0.541. The van der Waals surface area contributed by atoms with Gasteiger partial charge in [-0.3, -0.25) is 0 Å². The lowest BCUT2D eigenvalue weighted by Crippen LogP contribution is -2.01. The monoisotopic (exact) mass is 982 g/mol. The highest BCUT2D eigenvalue weighted by atomic mass is 16.3. The van der Waals surface area contributed by atoms with E-state index in [1.165, 1.54) is 32.7 Å². The fourth-order valence-corrected chi connectivity index (χ4v) is 11.7. The Morgan fingerprint density at radius 1 is 0.260 bits per heavy atom. The Morgan fingerprint density at radius 2 is 0.766 bits per heavy atom. The first-order valence-electron chi connectivity index (χ1n) is 26.0. The molecule has 16 aromatic rings. The molecule has 6 nitrogen and oxygen atoms in total. The first kappa shape index (κ1) is 43.0. The van der Waals surface area contributed by atoms with Crippen LogP contribution in [-0.2, 0) is 0 Å². The summed E-state index contributed by atoms with van der Waals surface area (Å²) in [5.74, 6) is 1.66. The molecule has 0 spiro atoms. The molecule has 0 unspecified atom stereocenters. The Hall–Kier alpha value is -10.4. The maximum atomic E-state index is 7.03. The molecule has 0 atom stereocenters. The number of para-hydroxylation sites is 2. The minimum Gasteiger partial charge on any atom is -0.456 e. The molecule has 0 aliphatic carbocycles. The normalized spacial score (nSPS) is 11.9. The Kier molecular flexibility index (Phi) is 9.53. The molecular weight excluding hydrogens is 941 g/mol. The van der Waals surface area contributed by atoms with Gasteiger partial charge < -0.3 is 13.4 Å². The molecule has 0 N–H and O–H groups in total. The SMILES string of the molecule is c1ccc(-c2ccc(-c3ccc(-c4cc5c(cc4-n4c6ccccc6c6cc7ccccc7cc64)oc4cccc(-c6nc(-c7ccc8ccccc8c7)nc(-c7cccc8oc9ccccc9c78)n6)c45)cc3)cc2)cc1. The number of nitrogens with zero attached hydrogens (tertiary/aromatic N) is 4. The Balaban J connectivity index is 0.933. The summed E-state index contributed by atoms with van der Waals surface area (Å²) >= 11 is 0. The van der Waals surface area contributed by atoms with Gasteiger partial charge in [-0.2, -0.15) is 0 Å². The van der Waals surface area contributed by atoms with E-state index in [0.29, 0.717) is 17.5 Å². The second-order valence-electron chi connectivity index (χ2n) is 19.9. The molecule has 0 saturated heterocycles. The van der Waals surface area contributed by atoms with Crippen LogP contribution < -0.4 is 0 Å². The number of benzene rings is 12. The third kappa shape index (κ3) is 7.00. The number of fused-ring (bicyclic) bond motifs is 11. The number of furan rings is 2. The van der Waals surface area contributed by atoms with E-state index in [2.05, 4.69) is 217 Å². The summed E-state index contributed by atoms with van der Waals surface area (Å²) in [6, 6.07) is 90.1. The Morgan fingerprint density at radius 3 is 1.47 bits per heavy atom. The maximum Gasteiger partial charge on any atom is 0.164 e. The van der Waals surface area contributed by atoms with Gasteiger partial charge in [-0.15, -0.1) is 0 Å². The van der Waals surface area contributed by atoms with Gasteiger partial charge in [-0.05, 0) is 97.9 Å². The number of hydrogen-bond donors (Lipinski definition) is 0. The number of aromatic nitrogens is 4. The molecule has 4 heterocycles. The summed E-state index contributed by atoms with van der Waals surface area (Å²) in [5, 5.41) is 10.9. The van der Waals surface area contributed by atoms with E-state index in [-0.39, 0.29) is 0 Å². The molecule has 0 fully saturated rings. The third-order valence-electron chi connectivity index (χ3n) is 15.4. The predicted octanol–water partition coefficient (Wildman–Crippen LogP) is 19.1. The highest BCUT2D eigenvalue weighted by Crippen LogP contribution is 2.45. The lowest BCUT2D eigenvalue weighted by atomic mass is 9.95. The van der Waals surface area contributed by atoms with Crippen LogP contribution in [0.1, 0.15) is 0 Å². The van der Waals surface area contributed by atoms with Crippen LogP contribution in [0, 0.1) is 0 Å². The minimum atomic E-state index is 0.541. The van der Waals surface area contributed by atoms with Gasteiger partial charge in [-0.25, -0.2) is 15.0 Å². The van der Waals surface area contributed by atoms with Crippen LogP contribution >= 0.6 is 0 Å². The average molecular weight is 983 g/mol. The second kappa shape index (κ2) is 17.1. The van der Waals surface area contributed by atoms with Crippen LogP contribution in [0.3, 0.4) is 0 Å². The van der Waals surface area contributed by atoms with Gasteiger partial charge in [0.2, 0.25) is 0 Å². The largest absolute Gasteiger partial charge is 0.456 e. The van der Waals surface area contributed by atoms with Gasteiger partial charge in [0.05, 0.1) is 16.7 Å². The second-order valence-corrected chi connectivity index (χ2v) is 19.9. The molecule has 77 heavy (non-hydrogen) atoms. The van der Waals surface area contributed by atoms with E-state index in [1.807, 2.05) is 42.5 Å². The summed E-state index contributed by atoms with van der Waals surface area (Å²) in [6.07, 6.45) is 0. The van der Waals surface area contributed by atoms with E-state index in [9.17, 15) is 0 Å². The van der Waals surface area contributed by atoms with Crippen molar-refractivity contribution in [3.63, 3.8) is 0 Å². The number of rotatable bonds is 7. The van der Waals surface area contributed by atoms with Crippen LogP contribution in [0.5, 0.6) is 0 Å². The molecule has 0 saturated carbocycles. The fraction of sp³-hybridized carbons (Fsp3) is 0. The molecule has 12 aromatic carbocycles. The van der Waals surface area contributed by atoms with Crippen molar-refractivity contribution in [3.8, 4) is 73.2 Å². The van der Waals surface area contributed by atoms with E-state index in [1.54, 1.807) is 0 Å². The first-order valence-corrected chi connectivity index (χ1v) is 26.0. The topological polar surface area (TPSA) is 69.9 Å². The molecular formula is C71H42N4O2. The van der Waals surface area contributed by atoms with Crippen molar-refractivity contribution < 1.29 is 8.83 Å². The van der Waals surface area contributed by atoms with Gasteiger partial charge in [0.15, 0.2) is 17.5 Å². The van der Waals surface area contributed by atoms with Crippen molar-refractivity contribution in [1.82, 2.24) is 19.5 Å². The molecule has 358 valence electrons. The van der Waals surface area contributed by atoms with Crippen LogP contribution in [0.4, 0.5) is 0 Å². The molecule has 0 amide bonds. The van der Waals surface area contributed by atoms with Crippen LogP contribution in [0.15, 0.2) is 264 Å². The molecule has 0 radical (unpaired) electrons. The zero-order valence-corrected chi connectivity index (χ0v) is 41.4. The summed E-state index contributed by atoms with van der Waals surface area (Å²) in [6.45, 7) is 0. The lowest BCUT2D eigenvalue weighted by Gasteiger charge is -2.16. The zero-order chi connectivity index (χ0) is 50.6. The van der Waals surface area contributed by atoms with Crippen molar-refractivity contribution in [2.45, 2.75) is 0 Å². The average Bonchev–Trinajstić information content (AvgIpc) is 4.24. The van der Waals surface area contributed by atoms with Crippen molar-refractivity contribution in [1.29, 1.82) is 0 Å². The smallest absolute Gasteiger partial charge is 0.164 e. The molecule has 4 aromatic heterocycles. The summed E-state index contributed by atoms with van der Waals surface area (Å²) in [5.41, 5.74) is 15.7. The molecule has 0 aliphatic rings. The highest BCUT2D eigenvalue weighted by Gasteiger charge is 2.24. The van der Waals surface area contributed by atoms with Gasteiger partial charge in [0.1, 0.15) is 22.3 Å². The highest BCUT2D eigenvalue weighted by molar-refractivity contribution is 6.17. The molecule has 0 bridgehead atoms. The first-order chi connectivity index (χ1) is 38.1. The van der Waals surface area contributed by atoms with Crippen molar-refractivity contribution in [2.24, 2.45) is 0 Å². The standard InChI is InChI=1S/C71H42N4O2/c1-2-14-43(15-3-1)45-28-30-46(31-29-45)47-32-35-48(36-33-47)57-41-59-66(42-62(57)75-60-24-10-8-20-53(60)58-39-50-18-6-7-19-51(50)40-61(58)75)77-65-27-13-23-56(68(59)65)71-73-69(52-37-34-44-16-4-5-17-49(44)38-52)72-70(74-71)55-22-12-26-64-67(55)54-21-9-11-25-63(54)76-64/h1-42H. The Bertz CT molecular complexity index is 5030. The summed E-state index contributed by atoms with van der Waals surface area (Å²) in [4.78, 5) is 16.1. The molecule has 0 aliphatic heterocycles. The van der Waals surface area contributed by atoms with Crippen LogP contribution in [0.25, 0.3) is 160 Å². The molecule has 16 rings (SSSR count). The van der Waals surface area contributed by atoms with Crippen LogP contribution in [0.2, 0.25) is 0 Å². The van der Waals surface area contributed by atoms with Crippen molar-refractivity contribution in [3.05, 3.63) is 255 Å². The number of hydrogen-bond acceptors (Lipinski definition) is 5. The Labute approximate surface area is 441 Å². The van der Waals surface area contributed by atoms with Gasteiger partial charge in [0, 0.05) is 60.6 Å². The lowest BCUT2D eigenvalue weighted by molar-refractivity contribution is 0.668. The summed E-state index contributed by atoms with van der Waals surface area (Å²) < 4.78 is 15.9. The molecule has 6 heteroatoms. The summed E-state index contributed by atoms with van der Waals surface area (Å²) in [7, 11) is 0. The van der Waals surface area contributed by atoms with E-state index in [0.717, 1.165) is 110 Å². The van der Waals surface area contributed by atoms with E-state index >= 15 is 0 Å². The third-order valence-corrected chi connectivity index (χ3v) is 15.4. The fourth-order valence-electron chi connectivity index (χ4n) is 11.7.